The number of ether oxygens (including phenoxy) is 2. The second kappa shape index (κ2) is 7.13. The Morgan fingerprint density at radius 1 is 1.35 bits per heavy atom. The monoisotopic (exact) mass is 276 g/mol. The number of aliphatic hydroxyl groups excluding tert-OH is 1. The Bertz CT molecular complexity index is 480. The largest absolute Gasteiger partial charge is 0.493 e. The van der Waals surface area contributed by atoms with Gasteiger partial charge in [-0.2, -0.15) is 5.26 Å². The van der Waals surface area contributed by atoms with Gasteiger partial charge in [-0.3, -0.25) is 4.90 Å². The van der Waals surface area contributed by atoms with Gasteiger partial charge in [0.25, 0.3) is 0 Å². The number of benzene rings is 1. The van der Waals surface area contributed by atoms with E-state index >= 15 is 0 Å². The minimum Gasteiger partial charge on any atom is -0.493 e. The smallest absolute Gasteiger partial charge is 0.162 e. The Balaban J connectivity index is 1.88. The van der Waals surface area contributed by atoms with E-state index in [9.17, 15) is 0 Å². The molecule has 1 fully saturated rings. The summed E-state index contributed by atoms with van der Waals surface area (Å²) in [5.41, 5.74) is 0.550. The molecule has 0 atom stereocenters. The van der Waals surface area contributed by atoms with Gasteiger partial charge in [0, 0.05) is 25.2 Å². The van der Waals surface area contributed by atoms with Crippen LogP contribution >= 0.6 is 0 Å². The van der Waals surface area contributed by atoms with Crippen molar-refractivity contribution in [1.29, 1.82) is 5.26 Å². The molecule has 0 bridgehead atoms. The van der Waals surface area contributed by atoms with Crippen molar-refractivity contribution >= 4 is 0 Å². The second-order valence-electron chi connectivity index (χ2n) is 4.82. The first-order valence-electron chi connectivity index (χ1n) is 6.84. The van der Waals surface area contributed by atoms with Gasteiger partial charge < -0.3 is 14.6 Å². The highest BCUT2D eigenvalue weighted by atomic mass is 16.5. The van der Waals surface area contributed by atoms with Crippen molar-refractivity contribution in [3.63, 3.8) is 0 Å². The van der Waals surface area contributed by atoms with E-state index in [0.29, 0.717) is 36.3 Å². The first-order chi connectivity index (χ1) is 9.78. The fraction of sp³-hybridized carbons (Fsp3) is 0.533. The third-order valence-corrected chi connectivity index (χ3v) is 3.38. The number of nitriles is 1. The van der Waals surface area contributed by atoms with E-state index in [2.05, 4.69) is 11.0 Å². The molecule has 2 rings (SSSR count). The van der Waals surface area contributed by atoms with E-state index in [1.54, 1.807) is 25.3 Å². The number of hydrogen-bond acceptors (Lipinski definition) is 5. The zero-order chi connectivity index (χ0) is 14.4. The maximum Gasteiger partial charge on any atom is 0.162 e. The van der Waals surface area contributed by atoms with Crippen LogP contribution in [0, 0.1) is 11.3 Å². The molecule has 1 saturated carbocycles. The maximum atomic E-state index is 9.04. The first-order valence-corrected chi connectivity index (χ1v) is 6.84. The highest BCUT2D eigenvalue weighted by Crippen LogP contribution is 2.29. The predicted octanol–water partition coefficient (Wildman–Crippen LogP) is 1.40. The molecule has 20 heavy (non-hydrogen) atoms. The van der Waals surface area contributed by atoms with Crippen LogP contribution in [0.2, 0.25) is 0 Å². The quantitative estimate of drug-likeness (QED) is 0.777. The molecule has 0 spiro atoms. The van der Waals surface area contributed by atoms with Crippen LogP contribution in [0.15, 0.2) is 18.2 Å². The minimum atomic E-state index is 0.177. The highest BCUT2D eigenvalue weighted by molar-refractivity contribution is 5.46. The summed E-state index contributed by atoms with van der Waals surface area (Å²) in [6, 6.07) is 7.81. The zero-order valence-electron chi connectivity index (χ0n) is 11.7. The Morgan fingerprint density at radius 3 is 2.75 bits per heavy atom. The van der Waals surface area contributed by atoms with E-state index in [1.165, 1.54) is 12.8 Å². The number of hydrogen-bond donors (Lipinski definition) is 1. The van der Waals surface area contributed by atoms with Crippen LogP contribution in [-0.4, -0.2) is 49.5 Å². The predicted molar refractivity (Wildman–Crippen MR) is 74.9 cm³/mol. The lowest BCUT2D eigenvalue weighted by Crippen LogP contribution is -2.33. The molecule has 108 valence electrons. The average molecular weight is 276 g/mol. The molecule has 0 unspecified atom stereocenters. The molecule has 5 heteroatoms. The van der Waals surface area contributed by atoms with E-state index in [0.717, 1.165) is 6.54 Å². The van der Waals surface area contributed by atoms with E-state index < -0.39 is 0 Å². The van der Waals surface area contributed by atoms with Gasteiger partial charge in [0.15, 0.2) is 11.5 Å². The Hall–Kier alpha value is -1.77. The van der Waals surface area contributed by atoms with E-state index in [4.69, 9.17) is 19.8 Å². The van der Waals surface area contributed by atoms with E-state index in [-0.39, 0.29) is 6.61 Å². The summed E-state index contributed by atoms with van der Waals surface area (Å²) >= 11 is 0. The average Bonchev–Trinajstić information content (AvgIpc) is 3.31. The normalized spacial score (nSPS) is 14.1. The van der Waals surface area contributed by atoms with Gasteiger partial charge >= 0.3 is 0 Å². The first kappa shape index (κ1) is 14.6. The van der Waals surface area contributed by atoms with Crippen LogP contribution in [0.4, 0.5) is 0 Å². The van der Waals surface area contributed by atoms with E-state index in [1.807, 2.05) is 0 Å². The molecule has 1 aliphatic rings. The van der Waals surface area contributed by atoms with Crippen LogP contribution in [0.1, 0.15) is 18.4 Å². The molecular formula is C15H20N2O3. The molecule has 0 aliphatic heterocycles. The zero-order valence-corrected chi connectivity index (χ0v) is 11.7. The van der Waals surface area contributed by atoms with Crippen molar-refractivity contribution in [2.45, 2.75) is 18.9 Å². The van der Waals surface area contributed by atoms with Crippen molar-refractivity contribution in [3.05, 3.63) is 23.8 Å². The van der Waals surface area contributed by atoms with Gasteiger partial charge in [-0.05, 0) is 25.0 Å². The summed E-state index contributed by atoms with van der Waals surface area (Å²) in [7, 11) is 1.56. The molecule has 0 heterocycles. The topological polar surface area (TPSA) is 65.7 Å². The molecule has 1 aromatic rings. The van der Waals surface area contributed by atoms with Crippen LogP contribution in [0.3, 0.4) is 0 Å². The Kier molecular flexibility index (Phi) is 5.22. The van der Waals surface area contributed by atoms with Crippen LogP contribution in [0.5, 0.6) is 11.5 Å². The van der Waals surface area contributed by atoms with Crippen LogP contribution in [0.25, 0.3) is 0 Å². The lowest BCUT2D eigenvalue weighted by Gasteiger charge is -2.21. The van der Waals surface area contributed by atoms with Crippen molar-refractivity contribution < 1.29 is 14.6 Å². The SMILES string of the molecule is COc1cc(C#N)ccc1OCCN(CCO)C1CC1. The summed E-state index contributed by atoms with van der Waals surface area (Å²) in [6.07, 6.45) is 2.42. The molecule has 0 saturated heterocycles. The number of aliphatic hydroxyl groups is 1. The molecule has 0 aromatic heterocycles. The fourth-order valence-electron chi connectivity index (χ4n) is 2.17. The number of methoxy groups -OCH3 is 1. The number of rotatable bonds is 8. The molecule has 0 amide bonds. The Morgan fingerprint density at radius 2 is 2.15 bits per heavy atom. The van der Waals surface area contributed by atoms with Crippen molar-refractivity contribution in [2.75, 3.05) is 33.4 Å². The highest BCUT2D eigenvalue weighted by Gasteiger charge is 2.28. The lowest BCUT2D eigenvalue weighted by atomic mass is 10.2. The second-order valence-corrected chi connectivity index (χ2v) is 4.82. The van der Waals surface area contributed by atoms with Crippen molar-refractivity contribution in [2.24, 2.45) is 0 Å². The van der Waals surface area contributed by atoms with Gasteiger partial charge in [0.2, 0.25) is 0 Å². The van der Waals surface area contributed by atoms with Gasteiger partial charge in [-0.15, -0.1) is 0 Å². The summed E-state index contributed by atoms with van der Waals surface area (Å²) in [5, 5.41) is 17.9. The fourth-order valence-corrected chi connectivity index (χ4v) is 2.17. The minimum absolute atomic E-state index is 0.177. The third kappa shape index (κ3) is 3.86. The summed E-state index contributed by atoms with van der Waals surface area (Å²) in [6.45, 7) is 2.20. The van der Waals surface area contributed by atoms with Gasteiger partial charge in [0.1, 0.15) is 6.61 Å². The molecule has 0 radical (unpaired) electrons. The summed E-state index contributed by atoms with van der Waals surface area (Å²) in [4.78, 5) is 2.25. The van der Waals surface area contributed by atoms with Crippen molar-refractivity contribution in [3.8, 4) is 17.6 Å². The molecule has 1 aromatic carbocycles. The summed E-state index contributed by atoms with van der Waals surface area (Å²) in [5.74, 6) is 1.22. The molecule has 1 N–H and O–H groups in total. The van der Waals surface area contributed by atoms with Gasteiger partial charge in [0.05, 0.1) is 25.3 Å². The van der Waals surface area contributed by atoms with Crippen LogP contribution < -0.4 is 9.47 Å². The van der Waals surface area contributed by atoms with Crippen molar-refractivity contribution in [1.82, 2.24) is 4.90 Å². The molecule has 5 nitrogen and oxygen atoms in total. The molecular weight excluding hydrogens is 256 g/mol. The van der Waals surface area contributed by atoms with Crippen LogP contribution in [-0.2, 0) is 0 Å². The standard InChI is InChI=1S/C15H20N2O3/c1-19-15-10-12(11-16)2-5-14(15)20-9-7-17(6-8-18)13-3-4-13/h2,5,10,13,18H,3-4,6-9H2,1H3. The Labute approximate surface area is 119 Å². The number of nitrogens with zero attached hydrogens (tertiary/aromatic N) is 2. The lowest BCUT2D eigenvalue weighted by molar-refractivity contribution is 0.160. The molecule has 1 aliphatic carbocycles. The van der Waals surface area contributed by atoms with Gasteiger partial charge in [-0.25, -0.2) is 0 Å². The summed E-state index contributed by atoms with van der Waals surface area (Å²) < 4.78 is 10.9. The third-order valence-electron chi connectivity index (χ3n) is 3.38. The maximum absolute atomic E-state index is 9.04. The van der Waals surface area contributed by atoms with Gasteiger partial charge in [-0.1, -0.05) is 0 Å².